The zero-order valence-corrected chi connectivity index (χ0v) is 14.4. The third kappa shape index (κ3) is 3.82. The van der Waals surface area contributed by atoms with Gasteiger partial charge in [-0.3, -0.25) is 4.90 Å². The maximum atomic E-state index is 6.04. The Balaban J connectivity index is 2.06. The van der Waals surface area contributed by atoms with E-state index in [2.05, 4.69) is 64.9 Å². The molecule has 1 aliphatic rings. The molecule has 1 aromatic rings. The number of hydrogen-bond acceptors (Lipinski definition) is 3. The normalized spacial score (nSPS) is 21.6. The second-order valence-electron chi connectivity index (χ2n) is 6.13. The Morgan fingerprint density at radius 3 is 2.80 bits per heavy atom. The molecule has 2 rings (SSSR count). The predicted octanol–water partition coefficient (Wildman–Crippen LogP) is 2.64. The summed E-state index contributed by atoms with van der Waals surface area (Å²) in [6, 6.07) is 6.83. The van der Waals surface area contributed by atoms with Crippen LogP contribution >= 0.6 is 15.9 Å². The number of nitrogens with two attached hydrogens (primary N) is 1. The average Bonchev–Trinajstić information content (AvgIpc) is 2.78. The second kappa shape index (κ2) is 7.03. The van der Waals surface area contributed by atoms with Gasteiger partial charge in [0.05, 0.1) is 0 Å². The summed E-state index contributed by atoms with van der Waals surface area (Å²) in [7, 11) is 4.40. The SMILES string of the molecule is Cc1ccc(C(CN)N(C)CC2CCN(C)C2)c(Br)c1. The van der Waals surface area contributed by atoms with E-state index < -0.39 is 0 Å². The topological polar surface area (TPSA) is 32.5 Å². The summed E-state index contributed by atoms with van der Waals surface area (Å²) in [5.41, 5.74) is 8.61. The van der Waals surface area contributed by atoms with Gasteiger partial charge in [0.15, 0.2) is 0 Å². The van der Waals surface area contributed by atoms with Crippen LogP contribution in [0.4, 0.5) is 0 Å². The molecule has 1 heterocycles. The third-order valence-corrected chi connectivity index (χ3v) is 4.99. The largest absolute Gasteiger partial charge is 0.329 e. The summed E-state index contributed by atoms with van der Waals surface area (Å²) in [5.74, 6) is 0.767. The minimum absolute atomic E-state index is 0.288. The van der Waals surface area contributed by atoms with Crippen LogP contribution < -0.4 is 5.73 Å². The van der Waals surface area contributed by atoms with E-state index in [1.807, 2.05) is 0 Å². The van der Waals surface area contributed by atoms with Crippen molar-refractivity contribution in [1.29, 1.82) is 0 Å². The summed E-state index contributed by atoms with van der Waals surface area (Å²) in [4.78, 5) is 4.83. The third-order valence-electron chi connectivity index (χ3n) is 4.31. The number of likely N-dealkylation sites (N-methyl/N-ethyl adjacent to an activating group) is 1. The minimum Gasteiger partial charge on any atom is -0.329 e. The van der Waals surface area contributed by atoms with E-state index >= 15 is 0 Å². The molecule has 4 heteroatoms. The molecule has 3 nitrogen and oxygen atoms in total. The lowest BCUT2D eigenvalue weighted by Gasteiger charge is -2.30. The van der Waals surface area contributed by atoms with Crippen LogP contribution in [0.1, 0.15) is 23.6 Å². The van der Waals surface area contributed by atoms with Crippen molar-refractivity contribution in [3.05, 3.63) is 33.8 Å². The highest BCUT2D eigenvalue weighted by atomic mass is 79.9. The molecular formula is C16H26BrN3. The highest BCUT2D eigenvalue weighted by molar-refractivity contribution is 9.10. The van der Waals surface area contributed by atoms with E-state index in [0.29, 0.717) is 6.54 Å². The van der Waals surface area contributed by atoms with Crippen molar-refractivity contribution in [1.82, 2.24) is 9.80 Å². The maximum absolute atomic E-state index is 6.04. The summed E-state index contributed by atoms with van der Waals surface area (Å²) >= 11 is 3.69. The van der Waals surface area contributed by atoms with Crippen molar-refractivity contribution in [2.24, 2.45) is 11.7 Å². The van der Waals surface area contributed by atoms with Crippen molar-refractivity contribution in [2.75, 3.05) is 40.3 Å². The van der Waals surface area contributed by atoms with Crippen LogP contribution in [-0.2, 0) is 0 Å². The van der Waals surface area contributed by atoms with E-state index in [0.717, 1.165) is 12.5 Å². The Labute approximate surface area is 131 Å². The van der Waals surface area contributed by atoms with Gasteiger partial charge in [-0.2, -0.15) is 0 Å². The summed E-state index contributed by atoms with van der Waals surface area (Å²) in [6.45, 7) is 6.31. The van der Waals surface area contributed by atoms with Crippen molar-refractivity contribution in [3.8, 4) is 0 Å². The van der Waals surface area contributed by atoms with Crippen molar-refractivity contribution in [3.63, 3.8) is 0 Å². The number of likely N-dealkylation sites (tertiary alicyclic amines) is 1. The van der Waals surface area contributed by atoms with Crippen LogP contribution in [0.25, 0.3) is 0 Å². The van der Waals surface area contributed by atoms with Crippen LogP contribution in [0.3, 0.4) is 0 Å². The van der Waals surface area contributed by atoms with Crippen molar-refractivity contribution >= 4 is 15.9 Å². The standard InChI is InChI=1S/C16H26BrN3/c1-12-4-5-14(15(17)8-12)16(9-18)20(3)11-13-6-7-19(2)10-13/h4-5,8,13,16H,6-7,9-11,18H2,1-3H3. The second-order valence-corrected chi connectivity index (χ2v) is 6.99. The van der Waals surface area contributed by atoms with E-state index in [4.69, 9.17) is 5.73 Å². The lowest BCUT2D eigenvalue weighted by atomic mass is 10.0. The van der Waals surface area contributed by atoms with E-state index in [1.54, 1.807) is 0 Å². The molecule has 1 saturated heterocycles. The predicted molar refractivity (Wildman–Crippen MR) is 88.9 cm³/mol. The van der Waals surface area contributed by atoms with Gasteiger partial charge in [0.1, 0.15) is 0 Å². The fourth-order valence-electron chi connectivity index (χ4n) is 3.16. The number of hydrogen-bond donors (Lipinski definition) is 1. The fourth-order valence-corrected chi connectivity index (χ4v) is 3.91. The monoisotopic (exact) mass is 339 g/mol. The van der Waals surface area contributed by atoms with Gasteiger partial charge in [-0.1, -0.05) is 28.1 Å². The van der Waals surface area contributed by atoms with Gasteiger partial charge >= 0.3 is 0 Å². The molecule has 0 saturated carbocycles. The first-order valence-corrected chi connectivity index (χ1v) is 8.15. The molecule has 0 radical (unpaired) electrons. The van der Waals surface area contributed by atoms with Crippen LogP contribution in [0.15, 0.2) is 22.7 Å². The molecule has 0 spiro atoms. The Bertz CT molecular complexity index is 449. The van der Waals surface area contributed by atoms with Gasteiger partial charge in [0.2, 0.25) is 0 Å². The van der Waals surface area contributed by atoms with Crippen LogP contribution in [0, 0.1) is 12.8 Å². The van der Waals surface area contributed by atoms with E-state index in [9.17, 15) is 0 Å². The zero-order chi connectivity index (χ0) is 14.7. The number of benzene rings is 1. The van der Waals surface area contributed by atoms with E-state index in [1.165, 1.54) is 35.1 Å². The molecule has 2 atom stereocenters. The van der Waals surface area contributed by atoms with E-state index in [-0.39, 0.29) is 6.04 Å². The number of nitrogens with zero attached hydrogens (tertiary/aromatic N) is 2. The summed E-state index contributed by atoms with van der Waals surface area (Å²) < 4.78 is 1.17. The first kappa shape index (κ1) is 16.0. The number of rotatable bonds is 5. The van der Waals surface area contributed by atoms with Gasteiger partial charge in [-0.05, 0) is 57.1 Å². The van der Waals surface area contributed by atoms with Gasteiger partial charge < -0.3 is 10.6 Å². The molecule has 1 fully saturated rings. The lowest BCUT2D eigenvalue weighted by Crippen LogP contribution is -2.35. The minimum atomic E-state index is 0.288. The molecule has 0 bridgehead atoms. The Morgan fingerprint density at radius 1 is 1.50 bits per heavy atom. The van der Waals surface area contributed by atoms with Crippen molar-refractivity contribution in [2.45, 2.75) is 19.4 Å². The number of halogens is 1. The van der Waals surface area contributed by atoms with Crippen LogP contribution in [-0.4, -0.2) is 50.1 Å². The molecule has 1 aromatic carbocycles. The molecule has 112 valence electrons. The molecule has 0 amide bonds. The average molecular weight is 340 g/mol. The van der Waals surface area contributed by atoms with Crippen LogP contribution in [0.2, 0.25) is 0 Å². The highest BCUT2D eigenvalue weighted by Gasteiger charge is 2.25. The first-order chi connectivity index (χ1) is 9.51. The molecule has 1 aliphatic heterocycles. The highest BCUT2D eigenvalue weighted by Crippen LogP contribution is 2.29. The van der Waals surface area contributed by atoms with Gasteiger partial charge in [0.25, 0.3) is 0 Å². The fraction of sp³-hybridized carbons (Fsp3) is 0.625. The Kier molecular flexibility index (Phi) is 5.61. The number of aryl methyl sites for hydroxylation is 1. The quantitative estimate of drug-likeness (QED) is 0.894. The Hall–Kier alpha value is -0.420. The molecule has 20 heavy (non-hydrogen) atoms. The molecule has 0 aliphatic carbocycles. The Morgan fingerprint density at radius 2 is 2.25 bits per heavy atom. The zero-order valence-electron chi connectivity index (χ0n) is 12.8. The molecule has 0 aromatic heterocycles. The summed E-state index contributed by atoms with van der Waals surface area (Å²) in [5, 5.41) is 0. The van der Waals surface area contributed by atoms with Gasteiger partial charge in [-0.25, -0.2) is 0 Å². The maximum Gasteiger partial charge on any atom is 0.0478 e. The van der Waals surface area contributed by atoms with Crippen molar-refractivity contribution < 1.29 is 0 Å². The van der Waals surface area contributed by atoms with Gasteiger partial charge in [-0.15, -0.1) is 0 Å². The molecule has 2 N–H and O–H groups in total. The smallest absolute Gasteiger partial charge is 0.0478 e. The first-order valence-electron chi connectivity index (χ1n) is 7.36. The summed E-state index contributed by atoms with van der Waals surface area (Å²) in [6.07, 6.45) is 1.30. The molecule has 2 unspecified atom stereocenters. The van der Waals surface area contributed by atoms with Crippen LogP contribution in [0.5, 0.6) is 0 Å². The van der Waals surface area contributed by atoms with Gasteiger partial charge in [0, 0.05) is 30.1 Å². The molecular weight excluding hydrogens is 314 g/mol. The lowest BCUT2D eigenvalue weighted by molar-refractivity contribution is 0.211.